The van der Waals surface area contributed by atoms with Crippen LogP contribution in [0.1, 0.15) is 44.0 Å². The summed E-state index contributed by atoms with van der Waals surface area (Å²) in [6.45, 7) is 7.09. The maximum Gasteiger partial charge on any atom is 0.161 e. The van der Waals surface area contributed by atoms with Crippen LogP contribution in [-0.4, -0.2) is 17.9 Å². The van der Waals surface area contributed by atoms with Crippen molar-refractivity contribution in [1.29, 1.82) is 0 Å². The van der Waals surface area contributed by atoms with Gasteiger partial charge in [0.25, 0.3) is 0 Å². The summed E-state index contributed by atoms with van der Waals surface area (Å²) in [6, 6.07) is 5.76. The van der Waals surface area contributed by atoms with Crippen molar-refractivity contribution in [1.82, 2.24) is 0 Å². The van der Waals surface area contributed by atoms with Gasteiger partial charge in [-0.2, -0.15) is 0 Å². The molecule has 2 N–H and O–H groups in total. The van der Waals surface area contributed by atoms with Crippen LogP contribution < -0.4 is 10.6 Å². The van der Waals surface area contributed by atoms with E-state index in [0.717, 1.165) is 12.2 Å². The lowest BCUT2D eigenvalue weighted by atomic mass is 10.0. The summed E-state index contributed by atoms with van der Waals surface area (Å²) in [7, 11) is 0. The molecule has 2 rings (SSSR count). The number of carbonyl (C=O) groups is 1. The first-order valence-electron chi connectivity index (χ1n) is 6.10. The third-order valence-electron chi connectivity index (χ3n) is 3.63. The van der Waals surface area contributed by atoms with Crippen molar-refractivity contribution in [3.63, 3.8) is 0 Å². The van der Waals surface area contributed by atoms with Gasteiger partial charge in [-0.1, -0.05) is 0 Å². The largest absolute Gasteiger partial charge is 0.398 e. The van der Waals surface area contributed by atoms with Crippen LogP contribution in [0.15, 0.2) is 18.2 Å². The van der Waals surface area contributed by atoms with E-state index in [1.54, 1.807) is 6.92 Å². The molecule has 0 radical (unpaired) electrons. The molecular formula is C14H20N2O. The summed E-state index contributed by atoms with van der Waals surface area (Å²) in [5, 5.41) is 0. The van der Waals surface area contributed by atoms with Crippen LogP contribution in [0.3, 0.4) is 0 Å². The number of nitrogens with two attached hydrogens (primary N) is 1. The summed E-state index contributed by atoms with van der Waals surface area (Å²) in [5.41, 5.74) is 8.29. The summed E-state index contributed by atoms with van der Waals surface area (Å²) in [5.74, 6) is 0.0290. The summed E-state index contributed by atoms with van der Waals surface area (Å²) in [6.07, 6.45) is 2.39. The molecular weight excluding hydrogens is 212 g/mol. The quantitative estimate of drug-likeness (QED) is 0.630. The second-order valence-electron chi connectivity index (χ2n) is 5.40. The standard InChI is InChI=1S/C14H20N2O/c1-10(17)12-9-11(5-6-13(12)15)16-8-4-7-14(16,2)3/h5-6,9H,4,7-8,15H2,1-3H3. The average Bonchev–Trinajstić information content (AvgIpc) is 2.58. The van der Waals surface area contributed by atoms with E-state index in [4.69, 9.17) is 5.73 Å². The molecule has 3 heteroatoms. The van der Waals surface area contributed by atoms with E-state index in [-0.39, 0.29) is 11.3 Å². The Hall–Kier alpha value is -1.51. The van der Waals surface area contributed by atoms with Crippen LogP contribution in [0.25, 0.3) is 0 Å². The Kier molecular flexibility index (Phi) is 2.86. The Morgan fingerprint density at radius 3 is 2.65 bits per heavy atom. The molecule has 92 valence electrons. The molecule has 0 aromatic heterocycles. The third kappa shape index (κ3) is 2.14. The molecule has 1 fully saturated rings. The van der Waals surface area contributed by atoms with Crippen molar-refractivity contribution in [2.75, 3.05) is 17.2 Å². The minimum Gasteiger partial charge on any atom is -0.398 e. The topological polar surface area (TPSA) is 46.3 Å². The van der Waals surface area contributed by atoms with E-state index in [2.05, 4.69) is 18.7 Å². The van der Waals surface area contributed by atoms with Gasteiger partial charge < -0.3 is 10.6 Å². The zero-order valence-electron chi connectivity index (χ0n) is 10.8. The number of benzene rings is 1. The first-order chi connectivity index (χ1) is 7.92. The number of hydrogen-bond donors (Lipinski definition) is 1. The molecule has 1 heterocycles. The van der Waals surface area contributed by atoms with Crippen molar-refractivity contribution in [2.45, 2.75) is 39.2 Å². The number of nitrogen functional groups attached to an aromatic ring is 1. The molecule has 0 bridgehead atoms. The molecule has 1 saturated heterocycles. The van der Waals surface area contributed by atoms with E-state index in [9.17, 15) is 4.79 Å². The maximum absolute atomic E-state index is 11.5. The highest BCUT2D eigenvalue weighted by atomic mass is 16.1. The lowest BCUT2D eigenvalue weighted by Gasteiger charge is -2.34. The van der Waals surface area contributed by atoms with Gasteiger partial charge in [0.05, 0.1) is 0 Å². The van der Waals surface area contributed by atoms with Crippen molar-refractivity contribution >= 4 is 17.2 Å². The summed E-state index contributed by atoms with van der Waals surface area (Å²) in [4.78, 5) is 13.9. The zero-order valence-corrected chi connectivity index (χ0v) is 10.8. The van der Waals surface area contributed by atoms with Gasteiger partial charge in [-0.15, -0.1) is 0 Å². The zero-order chi connectivity index (χ0) is 12.6. The van der Waals surface area contributed by atoms with E-state index in [1.165, 1.54) is 12.8 Å². The molecule has 17 heavy (non-hydrogen) atoms. The number of anilines is 2. The van der Waals surface area contributed by atoms with Crippen LogP contribution >= 0.6 is 0 Å². The Morgan fingerprint density at radius 1 is 1.41 bits per heavy atom. The minimum absolute atomic E-state index is 0.0290. The fourth-order valence-electron chi connectivity index (χ4n) is 2.60. The van der Waals surface area contributed by atoms with Gasteiger partial charge in [-0.05, 0) is 51.8 Å². The molecule has 1 aliphatic rings. The van der Waals surface area contributed by atoms with Gasteiger partial charge in [0, 0.05) is 29.0 Å². The van der Waals surface area contributed by atoms with Gasteiger partial charge in [0.2, 0.25) is 0 Å². The molecule has 0 atom stereocenters. The average molecular weight is 232 g/mol. The van der Waals surface area contributed by atoms with Gasteiger partial charge in [-0.3, -0.25) is 4.79 Å². The normalized spacial score (nSPS) is 18.4. The van der Waals surface area contributed by atoms with Gasteiger partial charge in [0.1, 0.15) is 0 Å². The number of carbonyl (C=O) groups excluding carboxylic acids is 1. The fourth-order valence-corrected chi connectivity index (χ4v) is 2.60. The Balaban J connectivity index is 2.40. The highest BCUT2D eigenvalue weighted by Crippen LogP contribution is 2.34. The van der Waals surface area contributed by atoms with E-state index >= 15 is 0 Å². The summed E-state index contributed by atoms with van der Waals surface area (Å²) >= 11 is 0. The number of ketones is 1. The first kappa shape index (κ1) is 12.0. The van der Waals surface area contributed by atoms with Gasteiger partial charge >= 0.3 is 0 Å². The van der Waals surface area contributed by atoms with Gasteiger partial charge in [0.15, 0.2) is 5.78 Å². The minimum atomic E-state index is 0.0290. The van der Waals surface area contributed by atoms with Crippen LogP contribution in [0.4, 0.5) is 11.4 Å². The van der Waals surface area contributed by atoms with Crippen LogP contribution in [0.5, 0.6) is 0 Å². The summed E-state index contributed by atoms with van der Waals surface area (Å²) < 4.78 is 0. The second-order valence-corrected chi connectivity index (χ2v) is 5.40. The maximum atomic E-state index is 11.5. The lowest BCUT2D eigenvalue weighted by molar-refractivity contribution is 0.101. The molecule has 0 aliphatic carbocycles. The highest BCUT2D eigenvalue weighted by molar-refractivity contribution is 6.00. The molecule has 0 spiro atoms. The van der Waals surface area contributed by atoms with E-state index in [0.29, 0.717) is 11.3 Å². The SMILES string of the molecule is CC(=O)c1cc(N2CCCC2(C)C)ccc1N. The fraction of sp³-hybridized carbons (Fsp3) is 0.500. The van der Waals surface area contributed by atoms with Crippen LogP contribution in [-0.2, 0) is 0 Å². The number of nitrogens with zero attached hydrogens (tertiary/aromatic N) is 1. The number of hydrogen-bond acceptors (Lipinski definition) is 3. The monoisotopic (exact) mass is 232 g/mol. The molecule has 1 aromatic rings. The Morgan fingerprint density at radius 2 is 2.12 bits per heavy atom. The lowest BCUT2D eigenvalue weighted by Crippen LogP contribution is -2.38. The Labute approximate surface area is 103 Å². The molecule has 0 unspecified atom stereocenters. The van der Waals surface area contributed by atoms with Crippen molar-refractivity contribution in [3.8, 4) is 0 Å². The van der Waals surface area contributed by atoms with Crippen LogP contribution in [0, 0.1) is 0 Å². The third-order valence-corrected chi connectivity index (χ3v) is 3.63. The molecule has 1 aliphatic heterocycles. The molecule has 0 saturated carbocycles. The van der Waals surface area contributed by atoms with E-state index in [1.807, 2.05) is 18.2 Å². The van der Waals surface area contributed by atoms with E-state index < -0.39 is 0 Å². The smallest absolute Gasteiger partial charge is 0.161 e. The Bertz CT molecular complexity index is 452. The predicted octanol–water partition coefficient (Wildman–Crippen LogP) is 2.85. The van der Waals surface area contributed by atoms with Crippen LogP contribution in [0.2, 0.25) is 0 Å². The first-order valence-corrected chi connectivity index (χ1v) is 6.10. The highest BCUT2D eigenvalue weighted by Gasteiger charge is 2.32. The molecule has 1 aromatic carbocycles. The predicted molar refractivity (Wildman–Crippen MR) is 71.5 cm³/mol. The number of Topliss-reactive ketones (excluding diaryl/α,β-unsaturated/α-hetero) is 1. The number of rotatable bonds is 2. The van der Waals surface area contributed by atoms with Crippen molar-refractivity contribution in [2.24, 2.45) is 0 Å². The molecule has 0 amide bonds. The second kappa shape index (κ2) is 4.06. The van der Waals surface area contributed by atoms with Crippen molar-refractivity contribution in [3.05, 3.63) is 23.8 Å². The van der Waals surface area contributed by atoms with Crippen molar-refractivity contribution < 1.29 is 4.79 Å². The molecule has 3 nitrogen and oxygen atoms in total. The van der Waals surface area contributed by atoms with Gasteiger partial charge in [-0.25, -0.2) is 0 Å².